The number of thiazole rings is 1. The van der Waals surface area contributed by atoms with E-state index in [0.717, 1.165) is 16.8 Å². The van der Waals surface area contributed by atoms with Crippen molar-refractivity contribution in [2.45, 2.75) is 27.4 Å². The van der Waals surface area contributed by atoms with E-state index in [4.69, 9.17) is 10.00 Å². The molecule has 0 aliphatic heterocycles. The van der Waals surface area contributed by atoms with Crippen molar-refractivity contribution in [1.29, 1.82) is 5.26 Å². The molecular weight excluding hydrogens is 386 g/mol. The van der Waals surface area contributed by atoms with Gasteiger partial charge in [-0.15, -0.1) is 11.3 Å². The van der Waals surface area contributed by atoms with Crippen LogP contribution >= 0.6 is 11.3 Å². The first kappa shape index (κ1) is 20.2. The van der Waals surface area contributed by atoms with Crippen LogP contribution < -0.4 is 4.90 Å². The maximum absolute atomic E-state index is 12.4. The van der Waals surface area contributed by atoms with Crippen LogP contribution in [-0.4, -0.2) is 16.9 Å². The largest absolute Gasteiger partial charge is 0.456 e. The number of aromatic nitrogens is 1. The van der Waals surface area contributed by atoms with Crippen LogP contribution in [-0.2, 0) is 16.1 Å². The molecule has 0 saturated carbocycles. The first-order chi connectivity index (χ1) is 13.9. The predicted molar refractivity (Wildman–Crippen MR) is 111 cm³/mol. The van der Waals surface area contributed by atoms with Crippen molar-refractivity contribution < 1.29 is 14.3 Å². The van der Waals surface area contributed by atoms with Crippen molar-refractivity contribution >= 4 is 34.0 Å². The Hall–Kier alpha value is -3.50. The molecule has 1 heterocycles. The zero-order valence-electron chi connectivity index (χ0n) is 16.3. The molecule has 1 amide bonds. The first-order valence-electron chi connectivity index (χ1n) is 8.89. The zero-order chi connectivity index (χ0) is 21.0. The lowest BCUT2D eigenvalue weighted by Crippen LogP contribution is -2.24. The maximum Gasteiger partial charge on any atom is 0.338 e. The lowest BCUT2D eigenvalue weighted by atomic mass is 10.1. The van der Waals surface area contributed by atoms with Gasteiger partial charge in [-0.1, -0.05) is 24.3 Å². The predicted octanol–water partition coefficient (Wildman–Crippen LogP) is 4.67. The smallest absolute Gasteiger partial charge is 0.338 e. The molecule has 2 aromatic carbocycles. The van der Waals surface area contributed by atoms with Crippen LogP contribution in [0.3, 0.4) is 0 Å². The van der Waals surface area contributed by atoms with Crippen molar-refractivity contribution in [1.82, 2.24) is 4.98 Å². The molecule has 6 nitrogen and oxygen atoms in total. The number of benzene rings is 2. The van der Waals surface area contributed by atoms with Gasteiger partial charge < -0.3 is 4.74 Å². The van der Waals surface area contributed by atoms with Crippen molar-refractivity contribution in [3.8, 4) is 6.07 Å². The molecule has 7 heteroatoms. The van der Waals surface area contributed by atoms with E-state index in [1.807, 2.05) is 38.1 Å². The van der Waals surface area contributed by atoms with Crippen molar-refractivity contribution in [3.05, 3.63) is 75.8 Å². The molecule has 0 atom stereocenters. The van der Waals surface area contributed by atoms with Crippen LogP contribution in [0.1, 0.15) is 39.7 Å². The molecule has 0 aliphatic rings. The molecule has 0 bridgehead atoms. The van der Waals surface area contributed by atoms with E-state index < -0.39 is 5.97 Å². The molecular formula is C22H19N3O3S. The summed E-state index contributed by atoms with van der Waals surface area (Å²) in [6.07, 6.45) is 0. The van der Waals surface area contributed by atoms with Gasteiger partial charge in [-0.05, 0) is 43.2 Å². The molecule has 3 aromatic rings. The van der Waals surface area contributed by atoms with Crippen molar-refractivity contribution in [3.63, 3.8) is 0 Å². The number of carbonyl (C=O) groups is 2. The molecule has 0 unspecified atom stereocenters. The second kappa shape index (κ2) is 8.67. The summed E-state index contributed by atoms with van der Waals surface area (Å²) in [6, 6.07) is 14.2. The lowest BCUT2D eigenvalue weighted by molar-refractivity contribution is -0.115. The van der Waals surface area contributed by atoms with Crippen molar-refractivity contribution in [2.24, 2.45) is 0 Å². The number of ether oxygens (including phenoxy) is 1. The molecule has 29 heavy (non-hydrogen) atoms. The normalized spacial score (nSPS) is 10.3. The van der Waals surface area contributed by atoms with Crippen LogP contribution in [0.4, 0.5) is 10.8 Å². The number of para-hydroxylation sites is 1. The maximum atomic E-state index is 12.4. The number of rotatable bonds is 5. The highest BCUT2D eigenvalue weighted by Gasteiger charge is 2.21. The average Bonchev–Trinajstić information content (AvgIpc) is 3.17. The van der Waals surface area contributed by atoms with Crippen LogP contribution in [0, 0.1) is 25.2 Å². The Morgan fingerprint density at radius 3 is 2.52 bits per heavy atom. The minimum Gasteiger partial charge on any atom is -0.456 e. The van der Waals surface area contributed by atoms with E-state index in [1.165, 1.54) is 24.3 Å². The molecule has 146 valence electrons. The summed E-state index contributed by atoms with van der Waals surface area (Å²) >= 11 is 1.31. The van der Waals surface area contributed by atoms with Gasteiger partial charge in [0.2, 0.25) is 5.91 Å². The van der Waals surface area contributed by atoms with Gasteiger partial charge >= 0.3 is 5.97 Å². The van der Waals surface area contributed by atoms with Crippen LogP contribution in [0.15, 0.2) is 47.8 Å². The molecule has 1 aromatic heterocycles. The Bertz CT molecular complexity index is 1090. The number of carbonyl (C=O) groups excluding carboxylic acids is 2. The number of nitriles is 1. The second-order valence-electron chi connectivity index (χ2n) is 6.49. The van der Waals surface area contributed by atoms with Crippen LogP contribution in [0.25, 0.3) is 0 Å². The highest BCUT2D eigenvalue weighted by molar-refractivity contribution is 7.14. The summed E-state index contributed by atoms with van der Waals surface area (Å²) in [5.41, 5.74) is 4.00. The molecule has 0 N–H and O–H groups in total. The fourth-order valence-electron chi connectivity index (χ4n) is 2.95. The Labute approximate surface area is 173 Å². The van der Waals surface area contributed by atoms with E-state index in [9.17, 15) is 9.59 Å². The van der Waals surface area contributed by atoms with E-state index in [0.29, 0.717) is 22.0 Å². The summed E-state index contributed by atoms with van der Waals surface area (Å²) in [7, 11) is 0. The highest BCUT2D eigenvalue weighted by Crippen LogP contribution is 2.33. The number of aryl methyl sites for hydroxylation is 2. The monoisotopic (exact) mass is 405 g/mol. The molecule has 0 saturated heterocycles. The first-order valence-corrected chi connectivity index (χ1v) is 9.77. The third kappa shape index (κ3) is 4.50. The quantitative estimate of drug-likeness (QED) is 0.576. The van der Waals surface area contributed by atoms with Gasteiger partial charge in [-0.2, -0.15) is 5.26 Å². The minimum atomic E-state index is -0.533. The summed E-state index contributed by atoms with van der Waals surface area (Å²) in [4.78, 5) is 30.6. The molecule has 0 radical (unpaired) electrons. The Kier molecular flexibility index (Phi) is 6.05. The number of amides is 1. The summed E-state index contributed by atoms with van der Waals surface area (Å²) in [5.74, 6) is -0.677. The molecule has 0 aliphatic carbocycles. The van der Waals surface area contributed by atoms with Gasteiger partial charge in [0.05, 0.1) is 28.6 Å². The summed E-state index contributed by atoms with van der Waals surface area (Å²) < 4.78 is 5.31. The summed E-state index contributed by atoms with van der Waals surface area (Å²) in [5, 5.41) is 11.2. The van der Waals surface area contributed by atoms with Gasteiger partial charge in [-0.25, -0.2) is 9.78 Å². The Morgan fingerprint density at radius 1 is 1.17 bits per heavy atom. The Balaban J connectivity index is 1.78. The number of esters is 1. The van der Waals surface area contributed by atoms with Gasteiger partial charge in [0, 0.05) is 12.3 Å². The number of anilines is 2. The van der Waals surface area contributed by atoms with E-state index >= 15 is 0 Å². The van der Waals surface area contributed by atoms with E-state index in [1.54, 1.807) is 28.5 Å². The SMILES string of the molecule is CC(=O)N(c1nc(COC(=O)c2cccc(C#N)c2)cs1)c1c(C)cccc1C. The molecule has 0 fully saturated rings. The standard InChI is InChI=1S/C22H19N3O3S/c1-14-6-4-7-15(2)20(14)25(16(3)26)22-24-19(13-29-22)12-28-21(27)18-9-5-8-17(10-18)11-23/h4-10,13H,12H2,1-3H3. The number of hydrogen-bond donors (Lipinski definition) is 0. The fourth-order valence-corrected chi connectivity index (χ4v) is 3.81. The second-order valence-corrected chi connectivity index (χ2v) is 7.32. The van der Waals surface area contributed by atoms with Gasteiger partial charge in [0.25, 0.3) is 0 Å². The van der Waals surface area contributed by atoms with E-state index in [2.05, 4.69) is 4.98 Å². The average molecular weight is 405 g/mol. The lowest BCUT2D eigenvalue weighted by Gasteiger charge is -2.22. The molecule has 3 rings (SSSR count). The van der Waals surface area contributed by atoms with Crippen LogP contribution in [0.2, 0.25) is 0 Å². The van der Waals surface area contributed by atoms with Gasteiger partial charge in [0.1, 0.15) is 6.61 Å². The fraction of sp³-hybridized carbons (Fsp3) is 0.182. The Morgan fingerprint density at radius 2 is 1.86 bits per heavy atom. The third-order valence-corrected chi connectivity index (χ3v) is 5.16. The topological polar surface area (TPSA) is 83.3 Å². The van der Waals surface area contributed by atoms with Gasteiger partial charge in [-0.3, -0.25) is 9.69 Å². The van der Waals surface area contributed by atoms with Crippen molar-refractivity contribution in [2.75, 3.05) is 4.90 Å². The number of nitrogens with zero attached hydrogens (tertiary/aromatic N) is 3. The molecule has 0 spiro atoms. The highest BCUT2D eigenvalue weighted by atomic mass is 32.1. The van der Waals surface area contributed by atoms with Gasteiger partial charge in [0.15, 0.2) is 5.13 Å². The van der Waals surface area contributed by atoms with E-state index in [-0.39, 0.29) is 12.5 Å². The minimum absolute atomic E-state index is 0.0232. The summed E-state index contributed by atoms with van der Waals surface area (Å²) in [6.45, 7) is 5.37. The zero-order valence-corrected chi connectivity index (χ0v) is 17.1. The number of hydrogen-bond acceptors (Lipinski definition) is 6. The third-order valence-electron chi connectivity index (χ3n) is 4.29. The van der Waals surface area contributed by atoms with Crippen LogP contribution in [0.5, 0.6) is 0 Å².